The molecule has 0 aliphatic heterocycles. The molecule has 4 nitrogen and oxygen atoms in total. The first kappa shape index (κ1) is 12.9. The number of nitrogens with two attached hydrogens (primary N) is 1. The van der Waals surface area contributed by atoms with Crippen LogP contribution in [0.5, 0.6) is 0 Å². The Hall–Kier alpha value is -1.07. The van der Waals surface area contributed by atoms with Gasteiger partial charge in [0.2, 0.25) is 0 Å². The maximum Gasteiger partial charge on any atom is 0.195 e. The molecule has 0 radical (unpaired) electrons. The van der Waals surface area contributed by atoms with Gasteiger partial charge in [-0.3, -0.25) is 4.40 Å². The molecule has 0 saturated heterocycles. The first-order valence-electron chi connectivity index (χ1n) is 7.23. The van der Waals surface area contributed by atoms with Crippen molar-refractivity contribution in [2.75, 3.05) is 24.5 Å². The van der Waals surface area contributed by atoms with E-state index in [1.165, 1.54) is 25.0 Å². The number of rotatable bonds is 6. The van der Waals surface area contributed by atoms with E-state index < -0.39 is 0 Å². The van der Waals surface area contributed by atoms with Gasteiger partial charge in [0, 0.05) is 31.1 Å². The highest BCUT2D eigenvalue weighted by atomic mass is 32.1. The van der Waals surface area contributed by atoms with Crippen LogP contribution in [0.4, 0.5) is 5.82 Å². The lowest BCUT2D eigenvalue weighted by Crippen LogP contribution is -2.33. The molecule has 0 spiro atoms. The number of hydrogen-bond acceptors (Lipinski definition) is 4. The Balaban J connectivity index is 1.91. The molecule has 2 N–H and O–H groups in total. The second-order valence-electron chi connectivity index (χ2n) is 5.31. The van der Waals surface area contributed by atoms with Crippen molar-refractivity contribution in [3.05, 3.63) is 17.3 Å². The van der Waals surface area contributed by atoms with E-state index in [0.717, 1.165) is 36.2 Å². The first-order valence-corrected chi connectivity index (χ1v) is 8.11. The van der Waals surface area contributed by atoms with Crippen LogP contribution >= 0.6 is 11.3 Å². The van der Waals surface area contributed by atoms with Crippen LogP contribution in [0.2, 0.25) is 0 Å². The molecular weight excluding hydrogens is 256 g/mol. The van der Waals surface area contributed by atoms with Crippen LogP contribution in [0.25, 0.3) is 4.96 Å². The molecule has 2 aromatic heterocycles. The Labute approximate surface area is 118 Å². The highest BCUT2D eigenvalue weighted by molar-refractivity contribution is 7.15. The van der Waals surface area contributed by atoms with Gasteiger partial charge in [-0.15, -0.1) is 11.3 Å². The lowest BCUT2D eigenvalue weighted by molar-refractivity contribution is 0.318. The summed E-state index contributed by atoms with van der Waals surface area (Å²) in [6.07, 6.45) is 7.17. The van der Waals surface area contributed by atoms with Gasteiger partial charge in [0.15, 0.2) is 10.8 Å². The first-order chi connectivity index (χ1) is 9.33. The Bertz CT molecular complexity index is 541. The molecule has 0 atom stereocenters. The molecule has 1 fully saturated rings. The van der Waals surface area contributed by atoms with E-state index in [-0.39, 0.29) is 0 Å². The van der Waals surface area contributed by atoms with Crippen LogP contribution in [0.3, 0.4) is 0 Å². The van der Waals surface area contributed by atoms with Crippen molar-refractivity contribution in [2.45, 2.75) is 32.6 Å². The third-order valence-electron chi connectivity index (χ3n) is 4.11. The molecule has 0 bridgehead atoms. The minimum atomic E-state index is 0.678. The number of aromatic nitrogens is 2. The molecule has 3 rings (SSSR count). The second kappa shape index (κ2) is 5.51. The summed E-state index contributed by atoms with van der Waals surface area (Å²) in [5.41, 5.74) is 7.05. The zero-order valence-electron chi connectivity index (χ0n) is 11.5. The van der Waals surface area contributed by atoms with Crippen LogP contribution in [-0.4, -0.2) is 29.0 Å². The number of imidazole rings is 1. The van der Waals surface area contributed by atoms with Crippen LogP contribution in [-0.2, 0) is 6.42 Å². The van der Waals surface area contributed by atoms with E-state index in [4.69, 9.17) is 10.7 Å². The molecule has 2 heterocycles. The average Bonchev–Trinajstić information content (AvgIpc) is 2.92. The maximum atomic E-state index is 5.77. The van der Waals surface area contributed by atoms with Crippen molar-refractivity contribution in [3.63, 3.8) is 0 Å². The minimum Gasteiger partial charge on any atom is -0.355 e. The van der Waals surface area contributed by atoms with Gasteiger partial charge in [-0.2, -0.15) is 0 Å². The van der Waals surface area contributed by atoms with Gasteiger partial charge >= 0.3 is 0 Å². The smallest absolute Gasteiger partial charge is 0.195 e. The zero-order chi connectivity index (χ0) is 13.2. The van der Waals surface area contributed by atoms with E-state index >= 15 is 0 Å². The summed E-state index contributed by atoms with van der Waals surface area (Å²) in [7, 11) is 0. The van der Waals surface area contributed by atoms with Crippen LogP contribution < -0.4 is 10.6 Å². The predicted molar refractivity (Wildman–Crippen MR) is 81.1 cm³/mol. The molecule has 0 amide bonds. The number of fused-ring (bicyclic) bond motifs is 1. The highest BCUT2D eigenvalue weighted by Gasteiger charge is 2.23. The Morgan fingerprint density at radius 2 is 2.37 bits per heavy atom. The van der Waals surface area contributed by atoms with E-state index in [2.05, 4.69) is 27.8 Å². The van der Waals surface area contributed by atoms with E-state index in [1.54, 1.807) is 11.3 Å². The minimum absolute atomic E-state index is 0.678. The third-order valence-corrected chi connectivity index (χ3v) is 4.86. The van der Waals surface area contributed by atoms with Crippen LogP contribution in [0.15, 0.2) is 11.6 Å². The molecule has 1 aliphatic rings. The highest BCUT2D eigenvalue weighted by Crippen LogP contribution is 2.31. The monoisotopic (exact) mass is 278 g/mol. The molecule has 5 heteroatoms. The summed E-state index contributed by atoms with van der Waals surface area (Å²) >= 11 is 1.70. The second-order valence-corrected chi connectivity index (χ2v) is 6.18. The van der Waals surface area contributed by atoms with E-state index in [1.807, 2.05) is 0 Å². The number of hydrogen-bond donors (Lipinski definition) is 1. The van der Waals surface area contributed by atoms with Crippen molar-refractivity contribution in [1.82, 2.24) is 9.38 Å². The van der Waals surface area contributed by atoms with Crippen molar-refractivity contribution in [2.24, 2.45) is 11.7 Å². The lowest BCUT2D eigenvalue weighted by Gasteiger charge is -2.32. The van der Waals surface area contributed by atoms with Crippen LogP contribution in [0.1, 0.15) is 31.9 Å². The molecule has 2 aromatic rings. The zero-order valence-corrected chi connectivity index (χ0v) is 12.3. The summed E-state index contributed by atoms with van der Waals surface area (Å²) in [5, 5.41) is 2.09. The molecule has 1 aliphatic carbocycles. The molecule has 19 heavy (non-hydrogen) atoms. The fourth-order valence-corrected chi connectivity index (χ4v) is 3.52. The van der Waals surface area contributed by atoms with Crippen molar-refractivity contribution >= 4 is 22.1 Å². The standard InChI is InChI=1S/C14H22N4S/c1-2-17(10-11-4-3-5-11)13-12(6-7-15)18-8-9-19-14(18)16-13/h8-9,11H,2-7,10,15H2,1H3. The predicted octanol–water partition coefficient (Wildman–Crippen LogP) is 2.52. The van der Waals surface area contributed by atoms with Gasteiger partial charge in [-0.05, 0) is 32.2 Å². The summed E-state index contributed by atoms with van der Waals surface area (Å²) in [5.74, 6) is 2.03. The van der Waals surface area contributed by atoms with Crippen molar-refractivity contribution in [3.8, 4) is 0 Å². The largest absolute Gasteiger partial charge is 0.355 e. The number of nitrogens with zero attached hydrogens (tertiary/aromatic N) is 3. The maximum absolute atomic E-state index is 5.77. The summed E-state index contributed by atoms with van der Waals surface area (Å²) < 4.78 is 2.20. The molecule has 104 valence electrons. The Morgan fingerprint density at radius 1 is 1.53 bits per heavy atom. The van der Waals surface area contributed by atoms with Gasteiger partial charge in [0.25, 0.3) is 0 Å². The topological polar surface area (TPSA) is 46.6 Å². The number of anilines is 1. The normalized spacial score (nSPS) is 15.9. The average molecular weight is 278 g/mol. The Kier molecular flexibility index (Phi) is 3.75. The molecular formula is C14H22N4S. The summed E-state index contributed by atoms with van der Waals surface area (Å²) in [4.78, 5) is 8.35. The lowest BCUT2D eigenvalue weighted by atomic mass is 9.85. The van der Waals surface area contributed by atoms with Gasteiger partial charge in [-0.1, -0.05) is 6.42 Å². The van der Waals surface area contributed by atoms with Gasteiger partial charge in [0.1, 0.15) is 0 Å². The summed E-state index contributed by atoms with van der Waals surface area (Å²) in [6, 6.07) is 0. The van der Waals surface area contributed by atoms with E-state index in [0.29, 0.717) is 6.54 Å². The van der Waals surface area contributed by atoms with Gasteiger partial charge in [0.05, 0.1) is 5.69 Å². The van der Waals surface area contributed by atoms with Gasteiger partial charge < -0.3 is 10.6 Å². The van der Waals surface area contributed by atoms with Crippen LogP contribution in [0, 0.1) is 5.92 Å². The summed E-state index contributed by atoms with van der Waals surface area (Å²) in [6.45, 7) is 5.08. The molecule has 0 aromatic carbocycles. The molecule has 1 saturated carbocycles. The molecule has 0 unspecified atom stereocenters. The van der Waals surface area contributed by atoms with E-state index in [9.17, 15) is 0 Å². The fourth-order valence-electron chi connectivity index (χ4n) is 2.80. The quantitative estimate of drug-likeness (QED) is 0.883. The SMILES string of the molecule is CCN(CC1CCC1)c1nc2sccn2c1CCN. The third kappa shape index (κ3) is 2.37. The fraction of sp³-hybridized carbons (Fsp3) is 0.643. The van der Waals surface area contributed by atoms with Crippen molar-refractivity contribution in [1.29, 1.82) is 0 Å². The van der Waals surface area contributed by atoms with Crippen molar-refractivity contribution < 1.29 is 0 Å². The Morgan fingerprint density at radius 3 is 3.00 bits per heavy atom. The van der Waals surface area contributed by atoms with Gasteiger partial charge in [-0.25, -0.2) is 4.98 Å². The number of thiazole rings is 1.